The molecule has 0 N–H and O–H groups in total. The summed E-state index contributed by atoms with van der Waals surface area (Å²) < 4.78 is 72.5. The van der Waals surface area contributed by atoms with E-state index in [9.17, 15) is 26.3 Å². The van der Waals surface area contributed by atoms with E-state index in [-0.39, 0.29) is 12.3 Å². The highest BCUT2D eigenvalue weighted by Crippen LogP contribution is 2.37. The summed E-state index contributed by atoms with van der Waals surface area (Å²) in [5, 5.41) is -1.00. The summed E-state index contributed by atoms with van der Waals surface area (Å²) in [5.74, 6) is 0. The molecule has 0 aliphatic carbocycles. The van der Waals surface area contributed by atoms with Crippen LogP contribution in [-0.4, -0.2) is 9.97 Å². The summed E-state index contributed by atoms with van der Waals surface area (Å²) in [4.78, 5) is 6.62. The number of pyridine rings is 2. The van der Waals surface area contributed by atoms with Crippen molar-refractivity contribution in [2.45, 2.75) is 12.4 Å². The van der Waals surface area contributed by atoms with E-state index in [2.05, 4.69) is 9.97 Å². The largest absolute Gasteiger partial charge is 0.419 e. The Balaban J connectivity index is 0.000000304. The zero-order valence-corrected chi connectivity index (χ0v) is 10.8. The highest BCUT2D eigenvalue weighted by molar-refractivity contribution is 6.30. The minimum absolute atomic E-state index is 0.0741. The van der Waals surface area contributed by atoms with E-state index in [1.807, 2.05) is 18.2 Å². The van der Waals surface area contributed by atoms with Crippen LogP contribution in [0.1, 0.15) is 11.1 Å². The van der Waals surface area contributed by atoms with Gasteiger partial charge in [-0.1, -0.05) is 17.7 Å². The van der Waals surface area contributed by atoms with Crippen LogP contribution < -0.4 is 0 Å². The van der Waals surface area contributed by atoms with Crippen LogP contribution in [0.15, 0.2) is 42.9 Å². The van der Waals surface area contributed by atoms with Crippen LogP contribution >= 0.6 is 11.6 Å². The molecule has 0 fully saturated rings. The molecule has 2 aromatic rings. The van der Waals surface area contributed by atoms with Crippen molar-refractivity contribution in [3.05, 3.63) is 59.1 Å². The van der Waals surface area contributed by atoms with Crippen LogP contribution in [0.25, 0.3) is 0 Å². The van der Waals surface area contributed by atoms with Gasteiger partial charge >= 0.3 is 12.4 Å². The molecule has 0 aliphatic rings. The van der Waals surface area contributed by atoms with Gasteiger partial charge in [0.05, 0.1) is 11.1 Å². The van der Waals surface area contributed by atoms with Gasteiger partial charge in [0.1, 0.15) is 5.15 Å². The van der Waals surface area contributed by atoms with E-state index in [0.717, 1.165) is 0 Å². The zero-order valence-electron chi connectivity index (χ0n) is 10.1. The summed E-state index contributed by atoms with van der Waals surface area (Å²) in [5.41, 5.74) is -3.08. The molecule has 0 amide bonds. The number of nitrogens with zero attached hydrogens (tertiary/aromatic N) is 2. The number of aromatic nitrogens is 2. The zero-order chi connectivity index (χ0) is 16.1. The molecule has 21 heavy (non-hydrogen) atoms. The molecule has 0 atom stereocenters. The van der Waals surface area contributed by atoms with Crippen molar-refractivity contribution in [3.8, 4) is 0 Å². The minimum Gasteiger partial charge on any atom is -0.265 e. The van der Waals surface area contributed by atoms with Crippen molar-refractivity contribution in [1.82, 2.24) is 9.97 Å². The number of hydrogen-bond acceptors (Lipinski definition) is 2. The lowest BCUT2D eigenvalue weighted by molar-refractivity contribution is -0.143. The SMILES string of the molecule is FC(F)(F)c1cnc(Cl)c(C(F)(F)F)c1.c1ccncc1. The molecule has 0 unspecified atom stereocenters. The second-order valence-electron chi connectivity index (χ2n) is 3.58. The second kappa shape index (κ2) is 6.75. The molecule has 0 aliphatic heterocycles. The van der Waals surface area contributed by atoms with E-state index in [1.165, 1.54) is 0 Å². The Morgan fingerprint density at radius 1 is 0.857 bits per heavy atom. The predicted molar refractivity (Wildman–Crippen MR) is 63.5 cm³/mol. The van der Waals surface area contributed by atoms with Crippen molar-refractivity contribution in [2.24, 2.45) is 0 Å². The van der Waals surface area contributed by atoms with E-state index in [1.54, 1.807) is 12.4 Å². The number of alkyl halides is 6. The Kier molecular flexibility index (Phi) is 5.54. The van der Waals surface area contributed by atoms with Crippen molar-refractivity contribution in [2.75, 3.05) is 0 Å². The van der Waals surface area contributed by atoms with Crippen LogP contribution in [0.5, 0.6) is 0 Å². The van der Waals surface area contributed by atoms with Gasteiger partial charge in [-0.25, -0.2) is 4.98 Å². The molecule has 2 rings (SSSR count). The van der Waals surface area contributed by atoms with E-state index < -0.39 is 28.6 Å². The quantitative estimate of drug-likeness (QED) is 0.510. The third-order valence-corrected chi connectivity index (χ3v) is 2.34. The van der Waals surface area contributed by atoms with Gasteiger partial charge < -0.3 is 0 Å². The summed E-state index contributed by atoms with van der Waals surface area (Å²) in [6, 6.07) is 5.64. The van der Waals surface area contributed by atoms with Crippen molar-refractivity contribution < 1.29 is 26.3 Å². The summed E-state index contributed by atoms with van der Waals surface area (Å²) in [6.45, 7) is 0. The lowest BCUT2D eigenvalue weighted by Crippen LogP contribution is -2.12. The molecule has 2 aromatic heterocycles. The van der Waals surface area contributed by atoms with Crippen molar-refractivity contribution in [1.29, 1.82) is 0 Å². The third kappa shape index (κ3) is 5.58. The molecule has 0 aromatic carbocycles. The first kappa shape index (κ1) is 17.2. The first-order chi connectivity index (χ1) is 9.62. The fraction of sp³-hybridized carbons (Fsp3) is 0.167. The molecular weight excluding hydrogens is 322 g/mol. The second-order valence-corrected chi connectivity index (χ2v) is 3.94. The maximum atomic E-state index is 12.1. The van der Waals surface area contributed by atoms with Gasteiger partial charge in [-0.2, -0.15) is 26.3 Å². The number of halogens is 7. The molecule has 0 radical (unpaired) electrons. The van der Waals surface area contributed by atoms with Crippen molar-refractivity contribution in [3.63, 3.8) is 0 Å². The monoisotopic (exact) mass is 328 g/mol. The van der Waals surface area contributed by atoms with Gasteiger partial charge in [0.2, 0.25) is 0 Å². The predicted octanol–water partition coefficient (Wildman–Crippen LogP) is 4.85. The van der Waals surface area contributed by atoms with Crippen LogP contribution in [-0.2, 0) is 12.4 Å². The molecule has 0 bridgehead atoms. The minimum atomic E-state index is -4.95. The van der Waals surface area contributed by atoms with Crippen LogP contribution in [0, 0.1) is 0 Å². The topological polar surface area (TPSA) is 25.8 Å². The Labute approximate surface area is 120 Å². The highest BCUT2D eigenvalue weighted by Gasteiger charge is 2.38. The van der Waals surface area contributed by atoms with Gasteiger partial charge in [-0.15, -0.1) is 0 Å². The van der Waals surface area contributed by atoms with E-state index >= 15 is 0 Å². The van der Waals surface area contributed by atoms with Gasteiger partial charge in [0.25, 0.3) is 0 Å². The fourth-order valence-corrected chi connectivity index (χ4v) is 1.32. The van der Waals surface area contributed by atoms with Gasteiger partial charge in [0, 0.05) is 18.6 Å². The molecule has 0 spiro atoms. The average molecular weight is 329 g/mol. The summed E-state index contributed by atoms with van der Waals surface area (Å²) >= 11 is 5.03. The van der Waals surface area contributed by atoms with Crippen LogP contribution in [0.2, 0.25) is 5.15 Å². The fourth-order valence-electron chi connectivity index (χ4n) is 1.11. The maximum absolute atomic E-state index is 12.1. The lowest BCUT2D eigenvalue weighted by Gasteiger charge is -2.11. The lowest BCUT2D eigenvalue weighted by atomic mass is 10.2. The van der Waals surface area contributed by atoms with Gasteiger partial charge in [-0.05, 0) is 18.2 Å². The number of hydrogen-bond donors (Lipinski definition) is 0. The third-order valence-electron chi connectivity index (χ3n) is 2.04. The molecule has 2 heterocycles. The molecule has 0 saturated heterocycles. The first-order valence-corrected chi connectivity index (χ1v) is 5.65. The highest BCUT2D eigenvalue weighted by atomic mass is 35.5. The first-order valence-electron chi connectivity index (χ1n) is 5.27. The average Bonchev–Trinajstić information content (AvgIpc) is 2.39. The number of rotatable bonds is 0. The normalized spacial score (nSPS) is 11.6. The Bertz CT molecular complexity index is 541. The van der Waals surface area contributed by atoms with Crippen molar-refractivity contribution >= 4 is 11.6 Å². The smallest absolute Gasteiger partial charge is 0.265 e. The standard InChI is InChI=1S/C7H2ClF6N.C5H5N/c8-5-4(7(12,13)14)1-3(2-15-5)6(9,10)11;1-2-4-6-5-3-1/h1-2H;1-5H. The van der Waals surface area contributed by atoms with E-state index in [4.69, 9.17) is 11.6 Å². The summed E-state index contributed by atoms with van der Waals surface area (Å²) in [7, 11) is 0. The summed E-state index contributed by atoms with van der Waals surface area (Å²) in [6.07, 6.45) is -6.08. The molecular formula is C12H7ClF6N2. The maximum Gasteiger partial charge on any atom is 0.419 e. The van der Waals surface area contributed by atoms with Gasteiger partial charge in [-0.3, -0.25) is 4.98 Å². The molecule has 0 saturated carbocycles. The van der Waals surface area contributed by atoms with Gasteiger partial charge in [0.15, 0.2) is 0 Å². The molecule has 2 nitrogen and oxygen atoms in total. The molecule has 114 valence electrons. The van der Waals surface area contributed by atoms with Crippen LogP contribution in [0.4, 0.5) is 26.3 Å². The van der Waals surface area contributed by atoms with E-state index in [0.29, 0.717) is 0 Å². The Morgan fingerprint density at radius 2 is 1.43 bits per heavy atom. The Hall–Kier alpha value is -1.83. The Morgan fingerprint density at radius 3 is 1.76 bits per heavy atom. The van der Waals surface area contributed by atoms with Crippen LogP contribution in [0.3, 0.4) is 0 Å². The molecule has 9 heteroatoms.